The molecule has 1 N–H and O–H groups in total. The van der Waals surface area contributed by atoms with Gasteiger partial charge in [-0.15, -0.1) is 0 Å². The van der Waals surface area contributed by atoms with Crippen LogP contribution in [-0.4, -0.2) is 17.7 Å². The van der Waals surface area contributed by atoms with Crippen molar-refractivity contribution >= 4 is 0 Å². The van der Waals surface area contributed by atoms with Crippen LogP contribution >= 0.6 is 0 Å². The molecule has 0 aromatic rings. The van der Waals surface area contributed by atoms with Crippen LogP contribution in [0.15, 0.2) is 12.3 Å². The van der Waals surface area contributed by atoms with Crippen molar-refractivity contribution in [3.63, 3.8) is 0 Å². The van der Waals surface area contributed by atoms with Crippen molar-refractivity contribution in [2.45, 2.75) is 12.6 Å². The molecule has 1 nitrogen and oxygen atoms in total. The maximum Gasteiger partial charge on any atom is 0.273 e. The van der Waals surface area contributed by atoms with Crippen LogP contribution in [0.1, 0.15) is 0 Å². The van der Waals surface area contributed by atoms with Gasteiger partial charge in [0, 0.05) is 0 Å². The quantitative estimate of drug-likeness (QED) is 0.558. The van der Waals surface area contributed by atoms with Gasteiger partial charge in [0.25, 0.3) is 6.43 Å². The van der Waals surface area contributed by atoms with E-state index in [0.717, 1.165) is 0 Å². The third-order valence-corrected chi connectivity index (χ3v) is 0.511. The Balaban J connectivity index is 3.47. The summed E-state index contributed by atoms with van der Waals surface area (Å²) in [6.45, 7) is 0. The molecule has 0 aliphatic heterocycles. The number of rotatable bonds is 2. The molecule has 4 heteroatoms. The van der Waals surface area contributed by atoms with Crippen molar-refractivity contribution in [2.75, 3.05) is 0 Å². The van der Waals surface area contributed by atoms with Crippen LogP contribution in [-0.2, 0) is 0 Å². The lowest BCUT2D eigenvalue weighted by molar-refractivity contribution is 0.0740. The maximum absolute atomic E-state index is 11.5. The van der Waals surface area contributed by atoms with Gasteiger partial charge in [-0.2, -0.15) is 0 Å². The van der Waals surface area contributed by atoms with Gasteiger partial charge in [-0.25, -0.2) is 13.2 Å². The van der Waals surface area contributed by atoms with E-state index in [-0.39, 0.29) is 6.26 Å². The van der Waals surface area contributed by atoms with E-state index in [4.69, 9.17) is 5.11 Å². The zero-order valence-electron chi connectivity index (χ0n) is 3.89. The number of aliphatic hydroxyl groups is 1. The monoisotopic (exact) mass is 126 g/mol. The highest BCUT2D eigenvalue weighted by atomic mass is 19.3. The second kappa shape index (κ2) is 3.35. The third kappa shape index (κ3) is 2.49. The molecule has 0 saturated carbocycles. The van der Waals surface area contributed by atoms with E-state index in [2.05, 4.69) is 0 Å². The minimum Gasteiger partial charge on any atom is -0.516 e. The minimum atomic E-state index is -3.04. The van der Waals surface area contributed by atoms with Crippen LogP contribution in [0.4, 0.5) is 13.2 Å². The first-order valence-electron chi connectivity index (χ1n) is 1.91. The van der Waals surface area contributed by atoms with Crippen LogP contribution in [0.25, 0.3) is 0 Å². The van der Waals surface area contributed by atoms with Crippen molar-refractivity contribution < 1.29 is 18.3 Å². The Labute approximate surface area is 44.4 Å². The SMILES string of the molecule is OC=CC(F)C(F)F. The molecule has 1 unspecified atom stereocenters. The topological polar surface area (TPSA) is 20.2 Å². The summed E-state index contributed by atoms with van der Waals surface area (Å²) in [6, 6.07) is 0. The van der Waals surface area contributed by atoms with Gasteiger partial charge >= 0.3 is 0 Å². The van der Waals surface area contributed by atoms with E-state index < -0.39 is 12.6 Å². The number of aliphatic hydroxyl groups excluding tert-OH is 1. The van der Waals surface area contributed by atoms with Gasteiger partial charge in [0.1, 0.15) is 0 Å². The molecule has 0 aliphatic carbocycles. The van der Waals surface area contributed by atoms with Crippen molar-refractivity contribution in [3.05, 3.63) is 12.3 Å². The summed E-state index contributed by atoms with van der Waals surface area (Å²) in [7, 11) is 0. The molecule has 48 valence electrons. The molecular weight excluding hydrogens is 121 g/mol. The van der Waals surface area contributed by atoms with E-state index in [9.17, 15) is 13.2 Å². The lowest BCUT2D eigenvalue weighted by Crippen LogP contribution is -2.07. The molecule has 0 aliphatic rings. The predicted molar refractivity (Wildman–Crippen MR) is 22.7 cm³/mol. The molecule has 0 aromatic heterocycles. The van der Waals surface area contributed by atoms with E-state index in [1.165, 1.54) is 0 Å². The highest BCUT2D eigenvalue weighted by Gasteiger charge is 2.14. The predicted octanol–water partition coefficient (Wildman–Crippen LogP) is 1.66. The molecule has 0 amide bonds. The standard InChI is InChI=1S/C4H5F3O/c5-3(1-2-8)4(6)7/h1-4,8H. The normalized spacial score (nSPS) is 15.5. The van der Waals surface area contributed by atoms with Gasteiger partial charge in [0.15, 0.2) is 6.17 Å². The van der Waals surface area contributed by atoms with Crippen LogP contribution in [0, 0.1) is 0 Å². The number of halogens is 3. The summed E-state index contributed by atoms with van der Waals surface area (Å²) < 4.78 is 33.7. The highest BCUT2D eigenvalue weighted by Crippen LogP contribution is 2.05. The summed E-state index contributed by atoms with van der Waals surface area (Å²) in [5.41, 5.74) is 0. The van der Waals surface area contributed by atoms with E-state index in [0.29, 0.717) is 6.08 Å². The summed E-state index contributed by atoms with van der Waals surface area (Å²) in [4.78, 5) is 0. The Hall–Kier alpha value is -0.670. The smallest absolute Gasteiger partial charge is 0.273 e. The fourth-order valence-corrected chi connectivity index (χ4v) is 0.166. The summed E-state index contributed by atoms with van der Waals surface area (Å²) in [6.07, 6.45) is -4.75. The number of hydrogen-bond donors (Lipinski definition) is 1. The fraction of sp³-hybridized carbons (Fsp3) is 0.500. The molecule has 0 rings (SSSR count). The first-order chi connectivity index (χ1) is 3.68. The Morgan fingerprint density at radius 1 is 1.25 bits per heavy atom. The van der Waals surface area contributed by atoms with Crippen LogP contribution < -0.4 is 0 Å². The highest BCUT2D eigenvalue weighted by molar-refractivity contribution is 4.83. The van der Waals surface area contributed by atoms with Gasteiger partial charge in [-0.1, -0.05) is 0 Å². The van der Waals surface area contributed by atoms with Crippen molar-refractivity contribution in [2.24, 2.45) is 0 Å². The molecule has 0 radical (unpaired) electrons. The molecular formula is C4H5F3O. The average Bonchev–Trinajstić information content (AvgIpc) is 1.67. The second-order valence-corrected chi connectivity index (χ2v) is 1.12. The molecule has 1 atom stereocenters. The van der Waals surface area contributed by atoms with Gasteiger partial charge in [-0.3, -0.25) is 0 Å². The van der Waals surface area contributed by atoms with Crippen LogP contribution in [0.5, 0.6) is 0 Å². The molecule has 0 heterocycles. The van der Waals surface area contributed by atoms with Crippen LogP contribution in [0.2, 0.25) is 0 Å². The largest absolute Gasteiger partial charge is 0.516 e. The first kappa shape index (κ1) is 7.33. The summed E-state index contributed by atoms with van der Waals surface area (Å²) >= 11 is 0. The van der Waals surface area contributed by atoms with Gasteiger partial charge in [0.05, 0.1) is 6.26 Å². The Morgan fingerprint density at radius 2 is 1.75 bits per heavy atom. The summed E-state index contributed by atoms with van der Waals surface area (Å²) in [5, 5.41) is 7.73. The maximum atomic E-state index is 11.5. The molecule has 0 spiro atoms. The first-order valence-corrected chi connectivity index (χ1v) is 1.91. The number of alkyl halides is 3. The molecule has 0 saturated heterocycles. The average molecular weight is 126 g/mol. The van der Waals surface area contributed by atoms with E-state index in [1.54, 1.807) is 0 Å². The van der Waals surface area contributed by atoms with Gasteiger partial charge < -0.3 is 5.11 Å². The Bertz CT molecular complexity index is 81.4. The lowest BCUT2D eigenvalue weighted by Gasteiger charge is -1.96. The zero-order valence-corrected chi connectivity index (χ0v) is 3.89. The van der Waals surface area contributed by atoms with Gasteiger partial charge in [-0.05, 0) is 6.08 Å². The Morgan fingerprint density at radius 3 is 1.88 bits per heavy atom. The Kier molecular flexibility index (Phi) is 3.07. The zero-order chi connectivity index (χ0) is 6.57. The lowest BCUT2D eigenvalue weighted by atomic mass is 10.4. The number of hydrogen-bond acceptors (Lipinski definition) is 1. The molecule has 0 aromatic carbocycles. The number of allylic oxidation sites excluding steroid dienone is 1. The molecule has 0 fully saturated rings. The van der Waals surface area contributed by atoms with Gasteiger partial charge in [0.2, 0.25) is 0 Å². The van der Waals surface area contributed by atoms with Crippen LogP contribution in [0.3, 0.4) is 0 Å². The summed E-state index contributed by atoms with van der Waals surface area (Å²) in [5.74, 6) is 0. The fourth-order valence-electron chi connectivity index (χ4n) is 0.166. The second-order valence-electron chi connectivity index (χ2n) is 1.12. The van der Waals surface area contributed by atoms with E-state index in [1.807, 2.05) is 0 Å². The third-order valence-electron chi connectivity index (χ3n) is 0.511. The van der Waals surface area contributed by atoms with E-state index >= 15 is 0 Å². The van der Waals surface area contributed by atoms with Crippen molar-refractivity contribution in [3.8, 4) is 0 Å². The minimum absolute atomic E-state index is 0.261. The molecule has 0 bridgehead atoms. The van der Waals surface area contributed by atoms with Crippen molar-refractivity contribution in [1.82, 2.24) is 0 Å². The van der Waals surface area contributed by atoms with Crippen molar-refractivity contribution in [1.29, 1.82) is 0 Å². The molecule has 8 heavy (non-hydrogen) atoms.